The van der Waals surface area contributed by atoms with Crippen LogP contribution in [0.15, 0.2) is 72.8 Å². The topological polar surface area (TPSA) is 64.4 Å². The molecule has 0 amide bonds. The standard InChI is InChI=1S/C29H28ClFN2O3/c1-19(2)17-33-27(22-6-4-8-24(31)15-22)16-26(32-33)25-14-20(10-12-29(34)35)9-11-28(25)36-18-21-5-3-7-23(30)13-21/h3-9,11,13-16,19H,10,12,17-18H2,1-2H3,(H,34,35). The van der Waals surface area contributed by atoms with Gasteiger partial charge in [-0.1, -0.05) is 55.8 Å². The molecule has 0 bridgehead atoms. The molecule has 0 aliphatic rings. The molecule has 7 heteroatoms. The van der Waals surface area contributed by atoms with E-state index >= 15 is 0 Å². The minimum atomic E-state index is -0.854. The van der Waals surface area contributed by atoms with Crippen LogP contribution in [-0.2, 0) is 24.4 Å². The Balaban J connectivity index is 1.76. The molecule has 4 aromatic rings. The molecule has 0 spiro atoms. The number of carbonyl (C=O) groups is 1. The molecule has 0 unspecified atom stereocenters. The highest BCUT2D eigenvalue weighted by molar-refractivity contribution is 6.30. The van der Waals surface area contributed by atoms with Crippen LogP contribution in [0, 0.1) is 11.7 Å². The maximum Gasteiger partial charge on any atom is 0.303 e. The van der Waals surface area contributed by atoms with Gasteiger partial charge in [-0.3, -0.25) is 9.48 Å². The number of carboxylic acids is 1. The van der Waals surface area contributed by atoms with E-state index in [9.17, 15) is 9.18 Å². The fourth-order valence-corrected chi connectivity index (χ4v) is 4.22. The Hall–Kier alpha value is -3.64. The maximum absolute atomic E-state index is 14.0. The zero-order chi connectivity index (χ0) is 25.7. The number of carboxylic acid groups (broad SMARTS) is 1. The molecule has 5 nitrogen and oxygen atoms in total. The van der Waals surface area contributed by atoms with Gasteiger partial charge in [-0.05, 0) is 65.9 Å². The molecule has 1 N–H and O–H groups in total. The van der Waals surface area contributed by atoms with Crippen LogP contribution in [0.4, 0.5) is 4.39 Å². The number of rotatable bonds is 10. The Morgan fingerprint density at radius 3 is 2.58 bits per heavy atom. The van der Waals surface area contributed by atoms with E-state index in [1.165, 1.54) is 12.1 Å². The monoisotopic (exact) mass is 506 g/mol. The van der Waals surface area contributed by atoms with E-state index in [1.807, 2.05) is 59.3 Å². The Kier molecular flexibility index (Phi) is 8.06. The molecule has 4 rings (SSSR count). The van der Waals surface area contributed by atoms with Gasteiger partial charge in [0.05, 0.1) is 11.4 Å². The maximum atomic E-state index is 14.0. The van der Waals surface area contributed by atoms with E-state index in [4.69, 9.17) is 26.5 Å². The third-order valence-electron chi connectivity index (χ3n) is 5.67. The highest BCUT2D eigenvalue weighted by Crippen LogP contribution is 2.34. The average molecular weight is 507 g/mol. The summed E-state index contributed by atoms with van der Waals surface area (Å²) in [6, 6.07) is 21.5. The first kappa shape index (κ1) is 25.5. The van der Waals surface area contributed by atoms with Crippen molar-refractivity contribution in [1.82, 2.24) is 9.78 Å². The molecule has 0 fully saturated rings. The number of benzene rings is 3. The average Bonchev–Trinajstić information content (AvgIpc) is 3.24. The summed E-state index contributed by atoms with van der Waals surface area (Å²) in [7, 11) is 0. The predicted octanol–water partition coefficient (Wildman–Crippen LogP) is 7.26. The first-order chi connectivity index (χ1) is 17.3. The van der Waals surface area contributed by atoms with Gasteiger partial charge in [0.1, 0.15) is 18.2 Å². The lowest BCUT2D eigenvalue weighted by Crippen LogP contribution is -2.08. The van der Waals surface area contributed by atoms with E-state index in [1.54, 1.807) is 6.07 Å². The summed E-state index contributed by atoms with van der Waals surface area (Å²) in [5.41, 5.74) is 4.75. The second-order valence-corrected chi connectivity index (χ2v) is 9.58. The van der Waals surface area contributed by atoms with E-state index in [2.05, 4.69) is 13.8 Å². The Morgan fingerprint density at radius 1 is 1.06 bits per heavy atom. The van der Waals surface area contributed by atoms with Gasteiger partial charge in [0.15, 0.2) is 0 Å². The first-order valence-electron chi connectivity index (χ1n) is 11.8. The second-order valence-electron chi connectivity index (χ2n) is 9.14. The molecular weight excluding hydrogens is 479 g/mol. The largest absolute Gasteiger partial charge is 0.488 e. The highest BCUT2D eigenvalue weighted by Gasteiger charge is 2.17. The first-order valence-corrected chi connectivity index (χ1v) is 12.2. The van der Waals surface area contributed by atoms with Gasteiger partial charge < -0.3 is 9.84 Å². The third kappa shape index (κ3) is 6.52. The van der Waals surface area contributed by atoms with Gasteiger partial charge in [0, 0.05) is 29.1 Å². The van der Waals surface area contributed by atoms with Crippen molar-refractivity contribution in [2.75, 3.05) is 0 Å². The molecule has 0 aliphatic carbocycles. The molecule has 3 aromatic carbocycles. The molecule has 0 saturated carbocycles. The Morgan fingerprint density at radius 2 is 1.86 bits per heavy atom. The summed E-state index contributed by atoms with van der Waals surface area (Å²) in [5, 5.41) is 14.6. The number of halogens is 2. The van der Waals surface area contributed by atoms with Crippen LogP contribution < -0.4 is 4.74 Å². The van der Waals surface area contributed by atoms with Gasteiger partial charge in [0.25, 0.3) is 0 Å². The summed E-state index contributed by atoms with van der Waals surface area (Å²) in [5.74, 6) is -0.223. The minimum Gasteiger partial charge on any atom is -0.488 e. The zero-order valence-corrected chi connectivity index (χ0v) is 21.0. The summed E-state index contributed by atoms with van der Waals surface area (Å²) in [6.07, 6.45) is 0.416. The molecular formula is C29H28ClFN2O3. The van der Waals surface area contributed by atoms with Crippen LogP contribution >= 0.6 is 11.6 Å². The van der Waals surface area contributed by atoms with Crippen molar-refractivity contribution in [3.63, 3.8) is 0 Å². The summed E-state index contributed by atoms with van der Waals surface area (Å²) < 4.78 is 22.1. The van der Waals surface area contributed by atoms with Gasteiger partial charge in [0.2, 0.25) is 0 Å². The molecule has 0 atom stereocenters. The second kappa shape index (κ2) is 11.4. The Labute approximate surface area is 215 Å². The molecule has 1 heterocycles. The van der Waals surface area contributed by atoms with Crippen molar-refractivity contribution in [3.8, 4) is 28.3 Å². The molecule has 36 heavy (non-hydrogen) atoms. The fraction of sp³-hybridized carbons (Fsp3) is 0.241. The lowest BCUT2D eigenvalue weighted by molar-refractivity contribution is -0.136. The van der Waals surface area contributed by atoms with Gasteiger partial charge in [-0.15, -0.1) is 0 Å². The lowest BCUT2D eigenvalue weighted by Gasteiger charge is -2.13. The van der Waals surface area contributed by atoms with E-state index in [0.717, 1.165) is 27.9 Å². The lowest BCUT2D eigenvalue weighted by atomic mass is 10.0. The fourth-order valence-electron chi connectivity index (χ4n) is 4.01. The van der Waals surface area contributed by atoms with Crippen LogP contribution in [0.1, 0.15) is 31.4 Å². The van der Waals surface area contributed by atoms with Crippen LogP contribution in [0.25, 0.3) is 22.5 Å². The summed E-state index contributed by atoms with van der Waals surface area (Å²) in [4.78, 5) is 11.1. The number of nitrogens with zero attached hydrogens (tertiary/aromatic N) is 2. The van der Waals surface area contributed by atoms with Crippen LogP contribution in [0.5, 0.6) is 5.75 Å². The smallest absolute Gasteiger partial charge is 0.303 e. The van der Waals surface area contributed by atoms with Crippen molar-refractivity contribution in [1.29, 1.82) is 0 Å². The van der Waals surface area contributed by atoms with Crippen molar-refractivity contribution >= 4 is 17.6 Å². The van der Waals surface area contributed by atoms with Crippen LogP contribution in [-0.4, -0.2) is 20.9 Å². The number of aromatic nitrogens is 2. The number of ether oxygens (including phenoxy) is 1. The summed E-state index contributed by atoms with van der Waals surface area (Å²) in [6.45, 7) is 5.17. The number of aliphatic carboxylic acids is 1. The normalized spacial score (nSPS) is 11.1. The van der Waals surface area contributed by atoms with Crippen molar-refractivity contribution in [3.05, 3.63) is 94.8 Å². The predicted molar refractivity (Wildman–Crippen MR) is 140 cm³/mol. The minimum absolute atomic E-state index is 0.0263. The molecule has 1 aromatic heterocycles. The van der Waals surface area contributed by atoms with E-state index in [0.29, 0.717) is 42.0 Å². The number of hydrogen-bond acceptors (Lipinski definition) is 3. The van der Waals surface area contributed by atoms with Gasteiger partial charge in [-0.25, -0.2) is 4.39 Å². The van der Waals surface area contributed by atoms with E-state index < -0.39 is 5.97 Å². The molecule has 186 valence electrons. The van der Waals surface area contributed by atoms with Crippen molar-refractivity contribution < 1.29 is 19.0 Å². The van der Waals surface area contributed by atoms with Gasteiger partial charge in [-0.2, -0.15) is 5.10 Å². The molecule has 0 aliphatic heterocycles. The van der Waals surface area contributed by atoms with Crippen LogP contribution in [0.3, 0.4) is 0 Å². The van der Waals surface area contributed by atoms with Gasteiger partial charge >= 0.3 is 5.97 Å². The molecule has 0 radical (unpaired) electrons. The summed E-state index contributed by atoms with van der Waals surface area (Å²) >= 11 is 6.12. The van der Waals surface area contributed by atoms with Crippen molar-refractivity contribution in [2.45, 2.75) is 39.8 Å². The Bertz CT molecular complexity index is 1370. The highest BCUT2D eigenvalue weighted by atomic mass is 35.5. The zero-order valence-electron chi connectivity index (χ0n) is 20.2. The van der Waals surface area contributed by atoms with Crippen molar-refractivity contribution in [2.24, 2.45) is 5.92 Å². The number of hydrogen-bond donors (Lipinski definition) is 1. The SMILES string of the molecule is CC(C)Cn1nc(-c2cc(CCC(=O)O)ccc2OCc2cccc(Cl)c2)cc1-c1cccc(F)c1. The quantitative estimate of drug-likeness (QED) is 0.246. The number of aryl methyl sites for hydroxylation is 1. The van der Waals surface area contributed by atoms with E-state index in [-0.39, 0.29) is 12.2 Å². The van der Waals surface area contributed by atoms with Crippen LogP contribution in [0.2, 0.25) is 5.02 Å². The molecule has 0 saturated heterocycles. The third-order valence-corrected chi connectivity index (χ3v) is 5.90.